The largest absolute Gasteiger partial charge is 0.490 e. The number of rotatable bonds is 3. The number of hydrogen-bond acceptors (Lipinski definition) is 2. The highest BCUT2D eigenvalue weighted by atomic mass is 16.5. The maximum absolute atomic E-state index is 12.2. The average molecular weight is 336 g/mol. The van der Waals surface area contributed by atoms with Gasteiger partial charge in [0.2, 0.25) is 0 Å². The topological polar surface area (TPSA) is 26.3 Å². The second-order valence-electron chi connectivity index (χ2n) is 7.37. The Morgan fingerprint density at radius 2 is 2.08 bits per heavy atom. The van der Waals surface area contributed by atoms with E-state index in [1.807, 2.05) is 13.0 Å². The molecular weight excluding hydrogens is 308 g/mol. The van der Waals surface area contributed by atoms with E-state index < -0.39 is 0 Å². The van der Waals surface area contributed by atoms with Gasteiger partial charge in [0.1, 0.15) is 5.75 Å². The Labute approximate surface area is 151 Å². The summed E-state index contributed by atoms with van der Waals surface area (Å²) < 4.78 is 6.38. The van der Waals surface area contributed by atoms with Gasteiger partial charge in [0.05, 0.1) is 6.10 Å². The Bertz CT molecular complexity index is 735. The van der Waals surface area contributed by atoms with Crippen LogP contribution < -0.4 is 4.74 Å². The van der Waals surface area contributed by atoms with Crippen molar-refractivity contribution in [3.8, 4) is 5.75 Å². The van der Waals surface area contributed by atoms with Crippen molar-refractivity contribution >= 4 is 11.9 Å². The number of carbonyl (C=O) groups excluding carboxylic acids is 1. The molecule has 132 valence electrons. The summed E-state index contributed by atoms with van der Waals surface area (Å²) in [5.74, 6) is 1.76. The molecule has 0 aliphatic heterocycles. The molecule has 0 spiro atoms. The summed E-state index contributed by atoms with van der Waals surface area (Å²) in [5.41, 5.74) is 7.25. The number of hydrogen-bond donors (Lipinski definition) is 0. The molecule has 2 unspecified atom stereocenters. The fourth-order valence-electron chi connectivity index (χ4n) is 3.91. The summed E-state index contributed by atoms with van der Waals surface area (Å²) in [5, 5.41) is 0. The first-order valence-electron chi connectivity index (χ1n) is 9.46. The van der Waals surface area contributed by atoms with Crippen molar-refractivity contribution in [2.75, 3.05) is 0 Å². The van der Waals surface area contributed by atoms with Crippen LogP contribution in [-0.2, 0) is 0 Å². The molecule has 25 heavy (non-hydrogen) atoms. The first-order chi connectivity index (χ1) is 12.1. The van der Waals surface area contributed by atoms with Gasteiger partial charge in [-0.1, -0.05) is 18.7 Å². The van der Waals surface area contributed by atoms with E-state index in [2.05, 4.69) is 37.5 Å². The van der Waals surface area contributed by atoms with Crippen molar-refractivity contribution in [1.82, 2.24) is 0 Å². The van der Waals surface area contributed by atoms with Gasteiger partial charge in [-0.25, -0.2) is 0 Å². The molecule has 0 N–H and O–H groups in total. The molecule has 0 heterocycles. The maximum Gasteiger partial charge on any atom is 0.163 e. The van der Waals surface area contributed by atoms with Gasteiger partial charge in [0, 0.05) is 12.0 Å². The van der Waals surface area contributed by atoms with E-state index in [9.17, 15) is 4.79 Å². The van der Waals surface area contributed by atoms with Crippen molar-refractivity contribution in [2.24, 2.45) is 5.92 Å². The van der Waals surface area contributed by atoms with E-state index >= 15 is 0 Å². The average Bonchev–Trinajstić information content (AvgIpc) is 2.94. The predicted octanol–water partition coefficient (Wildman–Crippen LogP) is 6.04. The SMILES string of the molecule is C=C=C(C)C1CCCC(Oc2cc3c(cc2C)C(=O)CCC=C3)CC1. The number of fused-ring (bicyclic) bond motifs is 1. The molecule has 3 rings (SSSR count). The van der Waals surface area contributed by atoms with Crippen LogP contribution in [0.5, 0.6) is 5.75 Å². The lowest BCUT2D eigenvalue weighted by molar-refractivity contribution is 0.0984. The Kier molecular flexibility index (Phi) is 5.60. The number of benzene rings is 1. The van der Waals surface area contributed by atoms with Crippen LogP contribution in [0.4, 0.5) is 0 Å². The third-order valence-corrected chi connectivity index (χ3v) is 5.58. The Morgan fingerprint density at radius 1 is 1.24 bits per heavy atom. The van der Waals surface area contributed by atoms with Gasteiger partial charge in [-0.05, 0) is 87.1 Å². The lowest BCUT2D eigenvalue weighted by Crippen LogP contribution is -2.16. The molecule has 0 amide bonds. The molecule has 1 aromatic carbocycles. The monoisotopic (exact) mass is 336 g/mol. The van der Waals surface area contributed by atoms with Crippen LogP contribution >= 0.6 is 0 Å². The fraction of sp³-hybridized carbons (Fsp3) is 0.478. The highest BCUT2D eigenvalue weighted by Gasteiger charge is 2.22. The van der Waals surface area contributed by atoms with Gasteiger partial charge in [0.25, 0.3) is 0 Å². The minimum absolute atomic E-state index is 0.235. The van der Waals surface area contributed by atoms with Gasteiger partial charge in [-0.15, -0.1) is 5.73 Å². The molecule has 2 aliphatic rings. The normalized spacial score (nSPS) is 23.2. The summed E-state index contributed by atoms with van der Waals surface area (Å²) >= 11 is 0. The lowest BCUT2D eigenvalue weighted by Gasteiger charge is -2.20. The highest BCUT2D eigenvalue weighted by Crippen LogP contribution is 2.33. The summed E-state index contributed by atoms with van der Waals surface area (Å²) in [6.45, 7) is 7.97. The fourth-order valence-corrected chi connectivity index (χ4v) is 3.91. The number of Topliss-reactive ketones (excluding diaryl/α,β-unsaturated/α-hetero) is 1. The van der Waals surface area contributed by atoms with Crippen LogP contribution in [0.15, 0.2) is 36.1 Å². The van der Waals surface area contributed by atoms with Crippen molar-refractivity contribution in [1.29, 1.82) is 0 Å². The molecule has 1 aromatic rings. The Morgan fingerprint density at radius 3 is 2.88 bits per heavy atom. The highest BCUT2D eigenvalue weighted by molar-refractivity contribution is 6.00. The maximum atomic E-state index is 12.2. The second-order valence-corrected chi connectivity index (χ2v) is 7.37. The quantitative estimate of drug-likeness (QED) is 0.496. The predicted molar refractivity (Wildman–Crippen MR) is 103 cm³/mol. The summed E-state index contributed by atoms with van der Waals surface area (Å²) in [6, 6.07) is 4.06. The Balaban J connectivity index is 1.76. The zero-order valence-electron chi connectivity index (χ0n) is 15.4. The molecule has 2 aliphatic carbocycles. The zero-order valence-corrected chi connectivity index (χ0v) is 15.4. The molecule has 2 atom stereocenters. The molecular formula is C23H28O2. The Hall–Kier alpha value is -2.05. The molecule has 2 heteroatoms. The molecule has 0 saturated heterocycles. The van der Waals surface area contributed by atoms with Crippen LogP contribution in [0.3, 0.4) is 0 Å². The molecule has 0 bridgehead atoms. The van der Waals surface area contributed by atoms with Crippen molar-refractivity contribution in [3.63, 3.8) is 0 Å². The third-order valence-electron chi connectivity index (χ3n) is 5.58. The van der Waals surface area contributed by atoms with Crippen molar-refractivity contribution in [2.45, 2.75) is 64.9 Å². The zero-order chi connectivity index (χ0) is 17.8. The van der Waals surface area contributed by atoms with Crippen LogP contribution in [0.2, 0.25) is 0 Å². The first-order valence-corrected chi connectivity index (χ1v) is 9.46. The van der Waals surface area contributed by atoms with Crippen LogP contribution in [0.25, 0.3) is 6.08 Å². The van der Waals surface area contributed by atoms with E-state index in [0.29, 0.717) is 12.3 Å². The molecule has 1 fully saturated rings. The standard InChI is InChI=1S/C23H28O2/c1-4-16(2)18-9-7-10-20(13-12-18)25-23-15-19-8-5-6-11-22(24)21(19)14-17(23)3/h5,8,14-15,18,20H,1,6-7,9-13H2,2-3H3. The van der Waals surface area contributed by atoms with Gasteiger partial charge < -0.3 is 4.74 Å². The number of carbonyl (C=O) groups is 1. The van der Waals surface area contributed by atoms with Gasteiger partial charge in [0.15, 0.2) is 5.78 Å². The minimum atomic E-state index is 0.235. The van der Waals surface area contributed by atoms with E-state index in [4.69, 9.17) is 4.74 Å². The second kappa shape index (κ2) is 7.89. The van der Waals surface area contributed by atoms with E-state index in [1.54, 1.807) is 0 Å². The summed E-state index contributed by atoms with van der Waals surface area (Å²) in [7, 11) is 0. The molecule has 0 aromatic heterocycles. The van der Waals surface area contributed by atoms with E-state index in [1.165, 1.54) is 18.4 Å². The smallest absolute Gasteiger partial charge is 0.163 e. The van der Waals surface area contributed by atoms with E-state index in [-0.39, 0.29) is 11.9 Å². The lowest BCUT2D eigenvalue weighted by atomic mass is 9.93. The number of ether oxygens (including phenoxy) is 1. The van der Waals surface area contributed by atoms with Gasteiger partial charge in [-0.3, -0.25) is 4.79 Å². The first kappa shape index (κ1) is 17.8. The number of ketones is 1. The van der Waals surface area contributed by atoms with Crippen LogP contribution in [-0.4, -0.2) is 11.9 Å². The van der Waals surface area contributed by atoms with Crippen molar-refractivity contribution in [3.05, 3.63) is 52.8 Å². The van der Waals surface area contributed by atoms with Gasteiger partial charge in [-0.2, -0.15) is 0 Å². The van der Waals surface area contributed by atoms with Crippen LogP contribution in [0, 0.1) is 12.8 Å². The summed E-state index contributed by atoms with van der Waals surface area (Å²) in [6.07, 6.45) is 11.5. The van der Waals surface area contributed by atoms with Crippen LogP contribution in [0.1, 0.15) is 73.4 Å². The number of allylic oxidation sites excluding steroid dienone is 2. The number of aryl methyl sites for hydroxylation is 1. The summed E-state index contributed by atoms with van der Waals surface area (Å²) in [4.78, 5) is 12.2. The molecule has 1 saturated carbocycles. The molecule has 2 nitrogen and oxygen atoms in total. The third kappa shape index (κ3) is 4.14. The van der Waals surface area contributed by atoms with Gasteiger partial charge >= 0.3 is 0 Å². The molecule has 0 radical (unpaired) electrons. The van der Waals surface area contributed by atoms with E-state index in [0.717, 1.165) is 48.1 Å². The minimum Gasteiger partial charge on any atom is -0.490 e. The van der Waals surface area contributed by atoms with Crippen molar-refractivity contribution < 1.29 is 9.53 Å².